The standard InChI is InChI=1S/C20H18N2O4S.3H2/c1-14-7-2-4-11-18(14)26-19-12-5-3-10-17(19)20(23)22-15-8-6-9-16(13-15)27(21,24)25;;;/h2-13H,1H3,(H,22,23)(H2,21,24,25);3*1H. The summed E-state index contributed by atoms with van der Waals surface area (Å²) in [6.07, 6.45) is 0. The van der Waals surface area contributed by atoms with Gasteiger partial charge in [0.2, 0.25) is 10.0 Å². The minimum atomic E-state index is -3.86. The van der Waals surface area contributed by atoms with E-state index in [1.54, 1.807) is 30.3 Å². The summed E-state index contributed by atoms with van der Waals surface area (Å²) in [7, 11) is -3.86. The molecule has 0 aromatic heterocycles. The first-order chi connectivity index (χ1) is 12.8. The molecule has 144 valence electrons. The van der Waals surface area contributed by atoms with E-state index in [2.05, 4.69) is 5.32 Å². The molecular weight excluding hydrogens is 364 g/mol. The van der Waals surface area contributed by atoms with Crippen LogP contribution in [0.5, 0.6) is 11.5 Å². The molecule has 3 rings (SSSR count). The number of nitrogens with one attached hydrogen (secondary N) is 1. The molecule has 3 aromatic rings. The molecule has 6 nitrogen and oxygen atoms in total. The monoisotopic (exact) mass is 388 g/mol. The highest BCUT2D eigenvalue weighted by molar-refractivity contribution is 7.89. The number of hydrogen-bond donors (Lipinski definition) is 2. The van der Waals surface area contributed by atoms with Crippen molar-refractivity contribution in [2.45, 2.75) is 11.8 Å². The second-order valence-corrected chi connectivity index (χ2v) is 7.45. The molecule has 0 aliphatic rings. The number of ether oxygens (including phenoxy) is 1. The molecule has 0 aliphatic heterocycles. The average Bonchev–Trinajstić information content (AvgIpc) is 2.63. The first kappa shape index (κ1) is 18.6. The Morgan fingerprint density at radius 1 is 0.963 bits per heavy atom. The van der Waals surface area contributed by atoms with Crippen molar-refractivity contribution in [3.63, 3.8) is 0 Å². The molecule has 0 saturated carbocycles. The number of carbonyl (C=O) groups is 1. The van der Waals surface area contributed by atoms with Gasteiger partial charge in [0.05, 0.1) is 10.5 Å². The maximum atomic E-state index is 12.7. The van der Waals surface area contributed by atoms with Gasteiger partial charge in [-0.25, -0.2) is 13.6 Å². The highest BCUT2D eigenvalue weighted by Gasteiger charge is 2.15. The van der Waals surface area contributed by atoms with Gasteiger partial charge in [0, 0.05) is 9.97 Å². The van der Waals surface area contributed by atoms with Gasteiger partial charge in [-0.05, 0) is 48.9 Å². The van der Waals surface area contributed by atoms with Crippen LogP contribution < -0.4 is 15.2 Å². The lowest BCUT2D eigenvalue weighted by Gasteiger charge is -2.13. The fourth-order valence-corrected chi connectivity index (χ4v) is 3.04. The maximum Gasteiger partial charge on any atom is 0.259 e. The number of para-hydroxylation sites is 2. The summed E-state index contributed by atoms with van der Waals surface area (Å²) in [6, 6.07) is 20.1. The minimum absolute atomic E-state index is 0. The van der Waals surface area contributed by atoms with E-state index in [-0.39, 0.29) is 9.18 Å². The Labute approximate surface area is 162 Å². The van der Waals surface area contributed by atoms with Crippen molar-refractivity contribution in [2.24, 2.45) is 5.14 Å². The zero-order valence-electron chi connectivity index (χ0n) is 14.5. The van der Waals surface area contributed by atoms with E-state index in [4.69, 9.17) is 9.88 Å². The predicted molar refractivity (Wildman–Crippen MR) is 110 cm³/mol. The number of nitrogens with two attached hydrogens (primary N) is 1. The average molecular weight is 388 g/mol. The summed E-state index contributed by atoms with van der Waals surface area (Å²) in [5, 5.41) is 7.80. The van der Waals surface area contributed by atoms with Gasteiger partial charge in [-0.2, -0.15) is 0 Å². The van der Waals surface area contributed by atoms with Crippen molar-refractivity contribution in [3.05, 3.63) is 83.9 Å². The molecule has 0 spiro atoms. The number of hydrogen-bond acceptors (Lipinski definition) is 4. The van der Waals surface area contributed by atoms with E-state index in [1.807, 2.05) is 31.2 Å². The number of benzene rings is 3. The lowest BCUT2D eigenvalue weighted by Crippen LogP contribution is -2.15. The summed E-state index contributed by atoms with van der Waals surface area (Å²) in [4.78, 5) is 12.6. The number of amides is 1. The molecular formula is C20H24N2O4S. The summed E-state index contributed by atoms with van der Waals surface area (Å²) in [5.41, 5.74) is 1.58. The van der Waals surface area contributed by atoms with Crippen molar-refractivity contribution < 1.29 is 22.2 Å². The van der Waals surface area contributed by atoms with Gasteiger partial charge in [0.15, 0.2) is 0 Å². The Hall–Kier alpha value is -3.16. The van der Waals surface area contributed by atoms with Crippen molar-refractivity contribution in [1.82, 2.24) is 0 Å². The van der Waals surface area contributed by atoms with E-state index in [0.717, 1.165) is 5.56 Å². The van der Waals surface area contributed by atoms with Gasteiger partial charge in [-0.15, -0.1) is 0 Å². The Kier molecular flexibility index (Phi) is 5.25. The van der Waals surface area contributed by atoms with Crippen LogP contribution in [0.25, 0.3) is 0 Å². The topological polar surface area (TPSA) is 98.5 Å². The van der Waals surface area contributed by atoms with Gasteiger partial charge < -0.3 is 10.1 Å². The molecule has 27 heavy (non-hydrogen) atoms. The number of primary sulfonamides is 1. The zero-order chi connectivity index (χ0) is 19.4. The summed E-state index contributed by atoms with van der Waals surface area (Å²) in [6.45, 7) is 1.91. The van der Waals surface area contributed by atoms with E-state index in [9.17, 15) is 13.2 Å². The zero-order valence-corrected chi connectivity index (χ0v) is 15.4. The fraction of sp³-hybridized carbons (Fsp3) is 0.0500. The Morgan fingerprint density at radius 2 is 1.63 bits per heavy atom. The molecule has 0 radical (unpaired) electrons. The van der Waals surface area contributed by atoms with Crippen LogP contribution in [-0.2, 0) is 10.0 Å². The van der Waals surface area contributed by atoms with E-state index in [0.29, 0.717) is 22.7 Å². The molecule has 0 atom stereocenters. The number of sulfonamides is 1. The second kappa shape index (κ2) is 7.61. The molecule has 3 N–H and O–H groups in total. The molecule has 1 amide bonds. The van der Waals surface area contributed by atoms with Crippen LogP contribution in [0, 0.1) is 6.92 Å². The molecule has 0 unspecified atom stereocenters. The smallest absolute Gasteiger partial charge is 0.259 e. The highest BCUT2D eigenvalue weighted by atomic mass is 32.2. The summed E-state index contributed by atoms with van der Waals surface area (Å²) in [5.74, 6) is 0.617. The van der Waals surface area contributed by atoms with Gasteiger partial charge in [-0.3, -0.25) is 4.79 Å². The molecule has 7 heteroatoms. The lowest BCUT2D eigenvalue weighted by molar-refractivity contribution is 0.102. The van der Waals surface area contributed by atoms with E-state index in [1.165, 1.54) is 18.2 Å². The van der Waals surface area contributed by atoms with Gasteiger partial charge in [0.25, 0.3) is 5.91 Å². The first-order valence-corrected chi connectivity index (χ1v) is 9.66. The number of carbonyl (C=O) groups excluding carboxylic acids is 1. The number of rotatable bonds is 5. The number of aryl methyl sites for hydroxylation is 1. The van der Waals surface area contributed by atoms with Crippen molar-refractivity contribution in [2.75, 3.05) is 5.32 Å². The third-order valence-corrected chi connectivity index (χ3v) is 4.78. The number of anilines is 1. The Balaban J connectivity index is 0.00000280. The summed E-state index contributed by atoms with van der Waals surface area (Å²) < 4.78 is 28.9. The molecule has 3 aromatic carbocycles. The quantitative estimate of drug-likeness (QED) is 0.675. The molecule has 0 aliphatic carbocycles. The highest BCUT2D eigenvalue weighted by Crippen LogP contribution is 2.28. The van der Waals surface area contributed by atoms with Crippen LogP contribution in [-0.4, -0.2) is 14.3 Å². The molecule has 0 bridgehead atoms. The van der Waals surface area contributed by atoms with Crippen LogP contribution in [0.4, 0.5) is 5.69 Å². The minimum Gasteiger partial charge on any atom is -0.456 e. The van der Waals surface area contributed by atoms with Crippen molar-refractivity contribution in [3.8, 4) is 11.5 Å². The fourth-order valence-electron chi connectivity index (χ4n) is 2.48. The Bertz CT molecular complexity index is 1110. The largest absolute Gasteiger partial charge is 0.456 e. The maximum absolute atomic E-state index is 12.7. The van der Waals surface area contributed by atoms with Crippen LogP contribution in [0.2, 0.25) is 0 Å². The van der Waals surface area contributed by atoms with E-state index >= 15 is 0 Å². The van der Waals surface area contributed by atoms with Crippen LogP contribution >= 0.6 is 0 Å². The predicted octanol–water partition coefficient (Wildman–Crippen LogP) is 4.43. The van der Waals surface area contributed by atoms with Crippen LogP contribution in [0.1, 0.15) is 20.2 Å². The van der Waals surface area contributed by atoms with Gasteiger partial charge in [-0.1, -0.05) is 36.4 Å². The van der Waals surface area contributed by atoms with E-state index < -0.39 is 15.9 Å². The van der Waals surface area contributed by atoms with Crippen molar-refractivity contribution in [1.29, 1.82) is 0 Å². The molecule has 0 saturated heterocycles. The molecule has 0 heterocycles. The van der Waals surface area contributed by atoms with Gasteiger partial charge in [0.1, 0.15) is 11.5 Å². The SMILES string of the molecule is Cc1ccccc1Oc1ccccc1C(=O)Nc1cccc(S(N)(=O)=O)c1.[HH].[HH].[HH]. The van der Waals surface area contributed by atoms with Crippen LogP contribution in [0.15, 0.2) is 77.7 Å². The van der Waals surface area contributed by atoms with Crippen LogP contribution in [0.3, 0.4) is 0 Å². The normalized spacial score (nSPS) is 11.0. The lowest BCUT2D eigenvalue weighted by atomic mass is 10.1. The Morgan fingerprint density at radius 3 is 2.33 bits per heavy atom. The van der Waals surface area contributed by atoms with Gasteiger partial charge >= 0.3 is 0 Å². The second-order valence-electron chi connectivity index (χ2n) is 5.89. The van der Waals surface area contributed by atoms with Crippen molar-refractivity contribution >= 4 is 21.6 Å². The third-order valence-electron chi connectivity index (χ3n) is 3.87. The first-order valence-electron chi connectivity index (χ1n) is 8.11. The summed E-state index contributed by atoms with van der Waals surface area (Å²) >= 11 is 0. The third kappa shape index (κ3) is 4.52. The molecule has 0 fully saturated rings.